The molecule has 1 amide bonds. The number of carbonyl (C=O) groups is 1. The first-order valence-electron chi connectivity index (χ1n) is 6.41. The third-order valence-electron chi connectivity index (χ3n) is 3.25. The number of rotatable bonds is 4. The summed E-state index contributed by atoms with van der Waals surface area (Å²) in [6.07, 6.45) is 0.861. The SMILES string of the molecule is COc1cc(C)ccc1OCC(=O)N1CC[C@H](N)C1. The maximum Gasteiger partial charge on any atom is 0.260 e. The fraction of sp³-hybridized carbons (Fsp3) is 0.500. The van der Waals surface area contributed by atoms with Gasteiger partial charge in [0.25, 0.3) is 5.91 Å². The summed E-state index contributed by atoms with van der Waals surface area (Å²) in [6, 6.07) is 5.72. The van der Waals surface area contributed by atoms with Gasteiger partial charge in [0.1, 0.15) is 0 Å². The topological polar surface area (TPSA) is 64.8 Å². The van der Waals surface area contributed by atoms with E-state index in [-0.39, 0.29) is 18.6 Å². The Morgan fingerprint density at radius 3 is 2.89 bits per heavy atom. The Bertz CT molecular complexity index is 462. The van der Waals surface area contributed by atoms with Gasteiger partial charge in [0, 0.05) is 19.1 Å². The summed E-state index contributed by atoms with van der Waals surface area (Å²) < 4.78 is 10.8. The van der Waals surface area contributed by atoms with Gasteiger partial charge in [-0.05, 0) is 31.0 Å². The molecule has 1 aromatic carbocycles. The molecular formula is C14H20N2O3. The fourth-order valence-corrected chi connectivity index (χ4v) is 2.14. The van der Waals surface area contributed by atoms with Gasteiger partial charge in [-0.1, -0.05) is 6.07 Å². The lowest BCUT2D eigenvalue weighted by Crippen LogP contribution is -2.35. The summed E-state index contributed by atoms with van der Waals surface area (Å²) in [7, 11) is 1.59. The monoisotopic (exact) mass is 264 g/mol. The number of benzene rings is 1. The molecule has 1 heterocycles. The lowest BCUT2D eigenvalue weighted by molar-refractivity contribution is -0.132. The van der Waals surface area contributed by atoms with Crippen LogP contribution in [0.2, 0.25) is 0 Å². The summed E-state index contributed by atoms with van der Waals surface area (Å²) in [6.45, 7) is 3.33. The van der Waals surface area contributed by atoms with Crippen LogP contribution < -0.4 is 15.2 Å². The zero-order valence-electron chi connectivity index (χ0n) is 11.4. The van der Waals surface area contributed by atoms with Crippen molar-refractivity contribution in [3.8, 4) is 11.5 Å². The van der Waals surface area contributed by atoms with E-state index in [9.17, 15) is 4.79 Å². The van der Waals surface area contributed by atoms with Gasteiger partial charge in [-0.25, -0.2) is 0 Å². The third kappa shape index (κ3) is 3.38. The zero-order valence-corrected chi connectivity index (χ0v) is 11.4. The summed E-state index contributed by atoms with van der Waals surface area (Å²) in [5.41, 5.74) is 6.86. The molecule has 5 nitrogen and oxygen atoms in total. The maximum atomic E-state index is 11.9. The number of methoxy groups -OCH3 is 1. The van der Waals surface area contributed by atoms with Crippen LogP contribution in [-0.2, 0) is 4.79 Å². The van der Waals surface area contributed by atoms with Crippen LogP contribution >= 0.6 is 0 Å². The Labute approximate surface area is 113 Å². The molecule has 1 aromatic rings. The minimum absolute atomic E-state index is 0.0200. The Morgan fingerprint density at radius 2 is 2.26 bits per heavy atom. The predicted octanol–water partition coefficient (Wildman–Crippen LogP) is 0.942. The number of ether oxygens (including phenoxy) is 2. The molecule has 0 radical (unpaired) electrons. The first-order valence-corrected chi connectivity index (χ1v) is 6.41. The lowest BCUT2D eigenvalue weighted by Gasteiger charge is -2.17. The molecule has 0 saturated carbocycles. The molecule has 1 aliphatic heterocycles. The standard InChI is InChI=1S/C14H20N2O3/c1-10-3-4-12(13(7-10)18-2)19-9-14(17)16-6-5-11(15)8-16/h3-4,7,11H,5-6,8-9,15H2,1-2H3/t11-/m0/s1. The number of likely N-dealkylation sites (tertiary alicyclic amines) is 1. The van der Waals surface area contributed by atoms with Crippen LogP contribution in [-0.4, -0.2) is 43.7 Å². The molecule has 0 aliphatic carbocycles. The smallest absolute Gasteiger partial charge is 0.260 e. The van der Waals surface area contributed by atoms with Gasteiger partial charge in [0.2, 0.25) is 0 Å². The second kappa shape index (κ2) is 5.93. The van der Waals surface area contributed by atoms with Crippen molar-refractivity contribution in [2.75, 3.05) is 26.8 Å². The lowest BCUT2D eigenvalue weighted by atomic mass is 10.2. The third-order valence-corrected chi connectivity index (χ3v) is 3.25. The summed E-state index contributed by atoms with van der Waals surface area (Å²) in [4.78, 5) is 13.7. The molecule has 1 aliphatic rings. The van der Waals surface area contributed by atoms with Gasteiger partial charge < -0.3 is 20.1 Å². The molecule has 0 spiro atoms. The first kappa shape index (κ1) is 13.7. The van der Waals surface area contributed by atoms with Crippen molar-refractivity contribution in [2.24, 2.45) is 5.73 Å². The zero-order chi connectivity index (χ0) is 13.8. The number of nitrogens with zero attached hydrogens (tertiary/aromatic N) is 1. The van der Waals surface area contributed by atoms with Crippen LogP contribution in [0.5, 0.6) is 11.5 Å². The number of hydrogen-bond acceptors (Lipinski definition) is 4. The summed E-state index contributed by atoms with van der Waals surface area (Å²) in [5, 5.41) is 0. The Morgan fingerprint density at radius 1 is 1.47 bits per heavy atom. The van der Waals surface area contributed by atoms with E-state index < -0.39 is 0 Å². The van der Waals surface area contributed by atoms with Crippen molar-refractivity contribution in [1.29, 1.82) is 0 Å². The van der Waals surface area contributed by atoms with Gasteiger partial charge in [-0.2, -0.15) is 0 Å². The van der Waals surface area contributed by atoms with Crippen LogP contribution in [0.3, 0.4) is 0 Å². The van der Waals surface area contributed by atoms with Crippen LogP contribution in [0.15, 0.2) is 18.2 Å². The molecule has 1 fully saturated rings. The normalized spacial score (nSPS) is 18.5. The number of aryl methyl sites for hydroxylation is 1. The Balaban J connectivity index is 1.93. The quantitative estimate of drug-likeness (QED) is 0.879. The highest BCUT2D eigenvalue weighted by molar-refractivity contribution is 5.78. The molecule has 2 N–H and O–H groups in total. The van der Waals surface area contributed by atoms with Crippen LogP contribution in [0.4, 0.5) is 0 Å². The van der Waals surface area contributed by atoms with E-state index >= 15 is 0 Å². The van der Waals surface area contributed by atoms with E-state index in [1.54, 1.807) is 12.0 Å². The Hall–Kier alpha value is -1.75. The average molecular weight is 264 g/mol. The molecule has 19 heavy (non-hydrogen) atoms. The van der Waals surface area contributed by atoms with Crippen LogP contribution in [0.25, 0.3) is 0 Å². The second-order valence-electron chi connectivity index (χ2n) is 4.83. The molecule has 104 valence electrons. The number of amides is 1. The first-order chi connectivity index (χ1) is 9.10. The van der Waals surface area contributed by atoms with E-state index in [1.807, 2.05) is 25.1 Å². The largest absolute Gasteiger partial charge is 0.493 e. The van der Waals surface area contributed by atoms with Gasteiger partial charge >= 0.3 is 0 Å². The highest BCUT2D eigenvalue weighted by atomic mass is 16.5. The van der Waals surface area contributed by atoms with Crippen molar-refractivity contribution >= 4 is 5.91 Å². The molecule has 5 heteroatoms. The van der Waals surface area contributed by atoms with E-state index in [1.165, 1.54) is 0 Å². The second-order valence-corrected chi connectivity index (χ2v) is 4.83. The molecule has 0 aromatic heterocycles. The summed E-state index contributed by atoms with van der Waals surface area (Å²) >= 11 is 0. The average Bonchev–Trinajstić information content (AvgIpc) is 2.83. The maximum absolute atomic E-state index is 11.9. The van der Waals surface area contributed by atoms with Crippen molar-refractivity contribution in [3.63, 3.8) is 0 Å². The van der Waals surface area contributed by atoms with Crippen LogP contribution in [0, 0.1) is 6.92 Å². The van der Waals surface area contributed by atoms with Crippen LogP contribution in [0.1, 0.15) is 12.0 Å². The van der Waals surface area contributed by atoms with Gasteiger partial charge in [0.05, 0.1) is 7.11 Å². The highest BCUT2D eigenvalue weighted by Crippen LogP contribution is 2.27. The van der Waals surface area contributed by atoms with E-state index in [0.29, 0.717) is 24.6 Å². The van der Waals surface area contributed by atoms with Gasteiger partial charge in [-0.3, -0.25) is 4.79 Å². The highest BCUT2D eigenvalue weighted by Gasteiger charge is 2.23. The number of nitrogens with two attached hydrogens (primary N) is 1. The van der Waals surface area contributed by atoms with E-state index in [4.69, 9.17) is 15.2 Å². The molecule has 1 saturated heterocycles. The van der Waals surface area contributed by atoms with Gasteiger partial charge in [-0.15, -0.1) is 0 Å². The fourth-order valence-electron chi connectivity index (χ4n) is 2.14. The molecule has 2 rings (SSSR count). The predicted molar refractivity (Wildman–Crippen MR) is 72.4 cm³/mol. The molecule has 0 unspecified atom stereocenters. The van der Waals surface area contributed by atoms with Crippen molar-refractivity contribution < 1.29 is 14.3 Å². The number of hydrogen-bond donors (Lipinski definition) is 1. The van der Waals surface area contributed by atoms with Crippen molar-refractivity contribution in [3.05, 3.63) is 23.8 Å². The minimum Gasteiger partial charge on any atom is -0.493 e. The van der Waals surface area contributed by atoms with Gasteiger partial charge in [0.15, 0.2) is 18.1 Å². The van der Waals surface area contributed by atoms with Crippen molar-refractivity contribution in [1.82, 2.24) is 4.90 Å². The molecular weight excluding hydrogens is 244 g/mol. The minimum atomic E-state index is -0.0319. The van der Waals surface area contributed by atoms with E-state index in [2.05, 4.69) is 0 Å². The van der Waals surface area contributed by atoms with Crippen molar-refractivity contribution in [2.45, 2.75) is 19.4 Å². The Kier molecular flexibility index (Phi) is 4.27. The molecule has 1 atom stereocenters. The summed E-state index contributed by atoms with van der Waals surface area (Å²) in [5.74, 6) is 1.20. The molecule has 0 bridgehead atoms. The number of carbonyl (C=O) groups excluding carboxylic acids is 1. The van der Waals surface area contributed by atoms with E-state index in [0.717, 1.165) is 12.0 Å².